The van der Waals surface area contributed by atoms with Gasteiger partial charge in [0.25, 0.3) is 0 Å². The van der Waals surface area contributed by atoms with Crippen molar-refractivity contribution in [3.05, 3.63) is 58.1 Å². The monoisotopic (exact) mass is 423 g/mol. The molecule has 0 aliphatic rings. The number of carbonyl (C=O) groups excluding carboxylic acids is 1. The highest BCUT2D eigenvalue weighted by Gasteiger charge is 2.32. The summed E-state index contributed by atoms with van der Waals surface area (Å²) in [6.07, 6.45) is -1.12. The largest absolute Gasteiger partial charge is 0.465 e. The van der Waals surface area contributed by atoms with Crippen molar-refractivity contribution in [1.82, 2.24) is 4.90 Å². The van der Waals surface area contributed by atoms with Gasteiger partial charge in [-0.1, -0.05) is 35.3 Å². The second kappa shape index (κ2) is 8.71. The van der Waals surface area contributed by atoms with Gasteiger partial charge in [0.2, 0.25) is 5.91 Å². The highest BCUT2D eigenvalue weighted by atomic mass is 35.5. The third-order valence-electron chi connectivity index (χ3n) is 4.22. The number of nitrogens with zero attached hydrogens (tertiary/aromatic N) is 1. The lowest BCUT2D eigenvalue weighted by Crippen LogP contribution is -2.48. The summed E-state index contributed by atoms with van der Waals surface area (Å²) >= 11 is 12.1. The van der Waals surface area contributed by atoms with Gasteiger partial charge in [0.1, 0.15) is 0 Å². The zero-order valence-electron chi connectivity index (χ0n) is 15.9. The number of nitrogen functional groups attached to an aromatic ring is 1. The van der Waals surface area contributed by atoms with Crippen LogP contribution < -0.4 is 11.1 Å². The Hall–Kier alpha value is -2.44. The van der Waals surface area contributed by atoms with Gasteiger partial charge < -0.3 is 21.1 Å². The highest BCUT2D eigenvalue weighted by Crippen LogP contribution is 2.29. The third kappa shape index (κ3) is 5.53. The molecule has 0 aliphatic heterocycles. The van der Waals surface area contributed by atoms with Crippen LogP contribution in [0.5, 0.6) is 0 Å². The standard InChI is InChI=1S/C20H23Cl2N3O3/c1-20(2,3)25(19(27)28)11-15(12-7-8-16(21)17(22)9-12)18(26)24-14-6-4-5-13(23)10-14/h4-10,15H,11,23H2,1-3H3,(H,24,26)(H,27,28). The maximum absolute atomic E-state index is 13.1. The summed E-state index contributed by atoms with van der Waals surface area (Å²) in [7, 11) is 0. The maximum atomic E-state index is 13.1. The fourth-order valence-electron chi connectivity index (χ4n) is 2.74. The van der Waals surface area contributed by atoms with Crippen molar-refractivity contribution < 1.29 is 14.7 Å². The first-order valence-corrected chi connectivity index (χ1v) is 9.36. The molecule has 1 unspecified atom stereocenters. The summed E-state index contributed by atoms with van der Waals surface area (Å²) in [5.41, 5.74) is 6.66. The number of rotatable bonds is 5. The van der Waals surface area contributed by atoms with E-state index in [1.165, 1.54) is 4.90 Å². The van der Waals surface area contributed by atoms with Gasteiger partial charge in [-0.25, -0.2) is 4.79 Å². The van der Waals surface area contributed by atoms with Gasteiger partial charge in [0.05, 0.1) is 16.0 Å². The molecule has 6 nitrogen and oxygen atoms in total. The Balaban J connectivity index is 2.41. The second-order valence-electron chi connectivity index (χ2n) is 7.40. The van der Waals surface area contributed by atoms with Gasteiger partial charge in [-0.05, 0) is 56.7 Å². The molecular weight excluding hydrogens is 401 g/mol. The van der Waals surface area contributed by atoms with E-state index in [4.69, 9.17) is 28.9 Å². The molecule has 0 saturated heterocycles. The summed E-state index contributed by atoms with van der Waals surface area (Å²) in [5.74, 6) is -1.17. The van der Waals surface area contributed by atoms with Gasteiger partial charge in [-0.3, -0.25) is 4.79 Å². The number of benzene rings is 2. The van der Waals surface area contributed by atoms with Crippen molar-refractivity contribution in [2.75, 3.05) is 17.6 Å². The first-order valence-electron chi connectivity index (χ1n) is 8.61. The van der Waals surface area contributed by atoms with Crippen LogP contribution in [0, 0.1) is 0 Å². The number of hydrogen-bond acceptors (Lipinski definition) is 3. The van der Waals surface area contributed by atoms with E-state index in [1.807, 2.05) is 0 Å². The number of carbonyl (C=O) groups is 2. The van der Waals surface area contributed by atoms with Gasteiger partial charge >= 0.3 is 6.09 Å². The summed E-state index contributed by atoms with van der Waals surface area (Å²) < 4.78 is 0. The fourth-order valence-corrected chi connectivity index (χ4v) is 3.04. The zero-order valence-corrected chi connectivity index (χ0v) is 17.4. The Labute approximate surface area is 174 Å². The Morgan fingerprint density at radius 1 is 1.14 bits per heavy atom. The minimum absolute atomic E-state index is 0.0507. The molecule has 4 N–H and O–H groups in total. The van der Waals surface area contributed by atoms with Crippen LogP contribution in [0.2, 0.25) is 10.0 Å². The Morgan fingerprint density at radius 3 is 2.36 bits per heavy atom. The van der Waals surface area contributed by atoms with E-state index in [-0.39, 0.29) is 12.5 Å². The summed E-state index contributed by atoms with van der Waals surface area (Å²) in [4.78, 5) is 26.1. The van der Waals surface area contributed by atoms with Crippen LogP contribution in [-0.2, 0) is 4.79 Å². The molecule has 2 amide bonds. The van der Waals surface area contributed by atoms with E-state index in [2.05, 4.69) is 5.32 Å². The quantitative estimate of drug-likeness (QED) is 0.584. The molecule has 0 fully saturated rings. The maximum Gasteiger partial charge on any atom is 0.407 e. The number of nitrogens with two attached hydrogens (primary N) is 1. The number of halogens is 2. The molecule has 0 aromatic heterocycles. The molecule has 2 rings (SSSR count). The lowest BCUT2D eigenvalue weighted by atomic mass is 9.95. The van der Waals surface area contributed by atoms with Crippen LogP contribution in [0.1, 0.15) is 32.3 Å². The number of carboxylic acid groups (broad SMARTS) is 1. The van der Waals surface area contributed by atoms with Crippen LogP contribution in [0.4, 0.5) is 16.2 Å². The van der Waals surface area contributed by atoms with Crippen LogP contribution >= 0.6 is 23.2 Å². The SMILES string of the molecule is CC(C)(C)N(CC(C(=O)Nc1cccc(N)c1)c1ccc(Cl)c(Cl)c1)C(=O)O. The summed E-state index contributed by atoms with van der Waals surface area (Å²) in [5, 5.41) is 13.1. The molecule has 0 radical (unpaired) electrons. The van der Waals surface area contributed by atoms with Crippen LogP contribution in [0.3, 0.4) is 0 Å². The fraction of sp³-hybridized carbons (Fsp3) is 0.300. The first kappa shape index (κ1) is 21.9. The smallest absolute Gasteiger partial charge is 0.407 e. The van der Waals surface area contributed by atoms with E-state index >= 15 is 0 Å². The lowest BCUT2D eigenvalue weighted by Gasteiger charge is -2.35. The molecule has 0 aliphatic carbocycles. The molecule has 28 heavy (non-hydrogen) atoms. The molecule has 2 aromatic carbocycles. The first-order chi connectivity index (χ1) is 13.0. The van der Waals surface area contributed by atoms with Gasteiger partial charge in [0, 0.05) is 23.5 Å². The number of nitrogens with one attached hydrogen (secondary N) is 1. The summed E-state index contributed by atoms with van der Waals surface area (Å²) in [6.45, 7) is 5.25. The molecule has 0 heterocycles. The minimum Gasteiger partial charge on any atom is -0.465 e. The van der Waals surface area contributed by atoms with E-state index in [0.717, 1.165) is 0 Å². The normalized spacial score (nSPS) is 12.3. The molecular formula is C20H23Cl2N3O3. The van der Waals surface area contributed by atoms with E-state index in [9.17, 15) is 14.7 Å². The van der Waals surface area contributed by atoms with Gasteiger partial charge in [-0.2, -0.15) is 0 Å². The Kier molecular flexibility index (Phi) is 6.80. The van der Waals surface area contributed by atoms with E-state index in [1.54, 1.807) is 63.2 Å². The Bertz CT molecular complexity index is 881. The average Bonchev–Trinajstić information content (AvgIpc) is 2.56. The van der Waals surface area contributed by atoms with Gasteiger partial charge in [-0.15, -0.1) is 0 Å². The van der Waals surface area contributed by atoms with Crippen LogP contribution in [-0.4, -0.2) is 34.1 Å². The molecule has 150 valence electrons. The van der Waals surface area contributed by atoms with Crippen LogP contribution in [0.15, 0.2) is 42.5 Å². The topological polar surface area (TPSA) is 95.7 Å². The number of anilines is 2. The van der Waals surface area contributed by atoms with Crippen LogP contribution in [0.25, 0.3) is 0 Å². The van der Waals surface area contributed by atoms with E-state index < -0.39 is 17.6 Å². The lowest BCUT2D eigenvalue weighted by molar-refractivity contribution is -0.118. The molecule has 1 atom stereocenters. The molecule has 2 aromatic rings. The van der Waals surface area contributed by atoms with Crippen molar-refractivity contribution in [1.29, 1.82) is 0 Å². The van der Waals surface area contributed by atoms with E-state index in [0.29, 0.717) is 27.0 Å². The van der Waals surface area contributed by atoms with Crippen molar-refractivity contribution in [3.63, 3.8) is 0 Å². The van der Waals surface area contributed by atoms with Crippen molar-refractivity contribution in [2.45, 2.75) is 32.2 Å². The zero-order chi connectivity index (χ0) is 21.1. The molecule has 0 saturated carbocycles. The molecule has 0 bridgehead atoms. The van der Waals surface area contributed by atoms with Gasteiger partial charge in [0.15, 0.2) is 0 Å². The molecule has 0 spiro atoms. The predicted molar refractivity (Wildman–Crippen MR) is 113 cm³/mol. The second-order valence-corrected chi connectivity index (χ2v) is 8.22. The molecule has 8 heteroatoms. The highest BCUT2D eigenvalue weighted by molar-refractivity contribution is 6.42. The third-order valence-corrected chi connectivity index (χ3v) is 4.96. The average molecular weight is 424 g/mol. The van der Waals surface area contributed by atoms with Crippen molar-refractivity contribution in [3.8, 4) is 0 Å². The summed E-state index contributed by atoms with van der Waals surface area (Å²) in [6, 6.07) is 11.6. The number of hydrogen-bond donors (Lipinski definition) is 3. The van der Waals surface area contributed by atoms with Crippen molar-refractivity contribution >= 4 is 46.6 Å². The number of amides is 2. The minimum atomic E-state index is -1.12. The van der Waals surface area contributed by atoms with Crippen molar-refractivity contribution in [2.24, 2.45) is 0 Å². The predicted octanol–water partition coefficient (Wildman–Crippen LogP) is 5.08. The Morgan fingerprint density at radius 2 is 1.82 bits per heavy atom.